The molecular weight excluding hydrogens is 260 g/mol. The van der Waals surface area contributed by atoms with Crippen LogP contribution in [-0.2, 0) is 9.53 Å². The third-order valence-corrected chi connectivity index (χ3v) is 3.93. The molecular formula is C14H26N2O4. The molecule has 116 valence electrons. The number of rotatable bonds is 7. The molecule has 0 aliphatic heterocycles. The van der Waals surface area contributed by atoms with Crippen molar-refractivity contribution >= 4 is 12.0 Å². The van der Waals surface area contributed by atoms with E-state index in [1.807, 2.05) is 0 Å². The van der Waals surface area contributed by atoms with Crippen molar-refractivity contribution in [3.8, 4) is 0 Å². The quantitative estimate of drug-likeness (QED) is 0.696. The summed E-state index contributed by atoms with van der Waals surface area (Å²) in [5.74, 6) is -1.00. The van der Waals surface area contributed by atoms with Gasteiger partial charge in [-0.05, 0) is 25.2 Å². The Morgan fingerprint density at radius 2 is 2.05 bits per heavy atom. The minimum absolute atomic E-state index is 0.0533. The molecule has 2 unspecified atom stereocenters. The van der Waals surface area contributed by atoms with Crippen LogP contribution in [0.15, 0.2) is 0 Å². The SMILES string of the molecule is COCCCN(C)C(=O)NCC1CCCCC1C(=O)O. The van der Waals surface area contributed by atoms with Gasteiger partial charge in [-0.2, -0.15) is 0 Å². The highest BCUT2D eigenvalue weighted by Crippen LogP contribution is 2.29. The number of carbonyl (C=O) groups excluding carboxylic acids is 1. The van der Waals surface area contributed by atoms with Crippen molar-refractivity contribution in [2.24, 2.45) is 11.8 Å². The van der Waals surface area contributed by atoms with Crippen molar-refractivity contribution in [2.75, 3.05) is 33.9 Å². The summed E-state index contributed by atoms with van der Waals surface area (Å²) < 4.78 is 4.94. The molecule has 1 rings (SSSR count). The molecule has 0 radical (unpaired) electrons. The molecule has 20 heavy (non-hydrogen) atoms. The molecule has 2 N–H and O–H groups in total. The van der Waals surface area contributed by atoms with Crippen molar-refractivity contribution in [1.82, 2.24) is 10.2 Å². The van der Waals surface area contributed by atoms with E-state index in [1.54, 1.807) is 19.1 Å². The number of hydrogen-bond acceptors (Lipinski definition) is 3. The maximum absolute atomic E-state index is 11.9. The molecule has 0 heterocycles. The predicted octanol–water partition coefficient (Wildman–Crippen LogP) is 1.56. The van der Waals surface area contributed by atoms with Gasteiger partial charge in [0.15, 0.2) is 0 Å². The van der Waals surface area contributed by atoms with Crippen LogP contribution in [-0.4, -0.2) is 55.9 Å². The third kappa shape index (κ3) is 5.36. The van der Waals surface area contributed by atoms with Crippen molar-refractivity contribution in [2.45, 2.75) is 32.1 Å². The molecule has 0 bridgehead atoms. The Labute approximate surface area is 120 Å². The first-order valence-corrected chi connectivity index (χ1v) is 7.27. The first-order valence-electron chi connectivity index (χ1n) is 7.27. The highest BCUT2D eigenvalue weighted by atomic mass is 16.5. The number of carboxylic acid groups (broad SMARTS) is 1. The molecule has 1 fully saturated rings. The van der Waals surface area contributed by atoms with Gasteiger partial charge in [0.1, 0.15) is 0 Å². The summed E-state index contributed by atoms with van der Waals surface area (Å²) in [5.41, 5.74) is 0. The van der Waals surface area contributed by atoms with Gasteiger partial charge in [-0.25, -0.2) is 4.79 Å². The number of hydrogen-bond donors (Lipinski definition) is 2. The topological polar surface area (TPSA) is 78.9 Å². The fraction of sp³-hybridized carbons (Fsp3) is 0.857. The molecule has 0 aromatic rings. The highest BCUT2D eigenvalue weighted by molar-refractivity contribution is 5.74. The van der Waals surface area contributed by atoms with Crippen LogP contribution in [0, 0.1) is 11.8 Å². The zero-order chi connectivity index (χ0) is 15.0. The van der Waals surface area contributed by atoms with E-state index >= 15 is 0 Å². The summed E-state index contributed by atoms with van der Waals surface area (Å²) in [6, 6.07) is -0.143. The van der Waals surface area contributed by atoms with Gasteiger partial charge in [-0.15, -0.1) is 0 Å². The highest BCUT2D eigenvalue weighted by Gasteiger charge is 2.30. The normalized spacial score (nSPS) is 22.3. The summed E-state index contributed by atoms with van der Waals surface area (Å²) in [7, 11) is 3.37. The Hall–Kier alpha value is -1.30. The van der Waals surface area contributed by atoms with Crippen LogP contribution >= 0.6 is 0 Å². The second kappa shape index (κ2) is 8.79. The smallest absolute Gasteiger partial charge is 0.317 e. The number of carbonyl (C=O) groups is 2. The Bertz CT molecular complexity index is 322. The average Bonchev–Trinajstić information content (AvgIpc) is 2.45. The molecule has 6 nitrogen and oxygen atoms in total. The summed E-state index contributed by atoms with van der Waals surface area (Å²) >= 11 is 0. The fourth-order valence-corrected chi connectivity index (χ4v) is 2.68. The first kappa shape index (κ1) is 16.8. The van der Waals surface area contributed by atoms with Crippen molar-refractivity contribution in [3.63, 3.8) is 0 Å². The molecule has 0 saturated heterocycles. The van der Waals surface area contributed by atoms with Gasteiger partial charge in [0, 0.05) is 33.9 Å². The molecule has 6 heteroatoms. The summed E-state index contributed by atoms with van der Waals surface area (Å²) in [6.07, 6.45) is 4.41. The van der Waals surface area contributed by atoms with Crippen molar-refractivity contribution < 1.29 is 19.4 Å². The fourth-order valence-electron chi connectivity index (χ4n) is 2.68. The Kier molecular flexibility index (Phi) is 7.36. The van der Waals surface area contributed by atoms with Crippen LogP contribution in [0.3, 0.4) is 0 Å². The van der Waals surface area contributed by atoms with Gasteiger partial charge in [0.05, 0.1) is 5.92 Å². The predicted molar refractivity (Wildman–Crippen MR) is 75.6 cm³/mol. The number of aliphatic carboxylic acids is 1. The molecule has 1 aliphatic rings. The summed E-state index contributed by atoms with van der Waals surface area (Å²) in [4.78, 5) is 24.7. The molecule has 0 aromatic carbocycles. The second-order valence-corrected chi connectivity index (χ2v) is 5.44. The number of amides is 2. The maximum atomic E-state index is 11.9. The maximum Gasteiger partial charge on any atom is 0.317 e. The zero-order valence-corrected chi connectivity index (χ0v) is 12.4. The monoisotopic (exact) mass is 286 g/mol. The number of carboxylic acids is 1. The average molecular weight is 286 g/mol. The standard InChI is InChI=1S/C14H26N2O4/c1-16(8-5-9-20-2)14(19)15-10-11-6-3-4-7-12(11)13(17)18/h11-12H,3-10H2,1-2H3,(H,15,19)(H,17,18). The molecule has 2 amide bonds. The lowest BCUT2D eigenvalue weighted by atomic mass is 9.79. The molecule has 1 saturated carbocycles. The van der Waals surface area contributed by atoms with E-state index in [9.17, 15) is 14.7 Å². The van der Waals surface area contributed by atoms with Crippen LogP contribution in [0.5, 0.6) is 0 Å². The Balaban J connectivity index is 2.33. The molecule has 2 atom stereocenters. The minimum atomic E-state index is -0.739. The first-order chi connectivity index (χ1) is 9.56. The van der Waals surface area contributed by atoms with Crippen LogP contribution in [0.2, 0.25) is 0 Å². The number of ether oxygens (including phenoxy) is 1. The van der Waals surface area contributed by atoms with E-state index in [2.05, 4.69) is 5.32 Å². The van der Waals surface area contributed by atoms with Gasteiger partial charge in [-0.3, -0.25) is 4.79 Å². The third-order valence-electron chi connectivity index (χ3n) is 3.93. The van der Waals surface area contributed by atoms with E-state index in [-0.39, 0.29) is 17.9 Å². The van der Waals surface area contributed by atoms with Gasteiger partial charge in [0.25, 0.3) is 0 Å². The Morgan fingerprint density at radius 1 is 1.35 bits per heavy atom. The van der Waals surface area contributed by atoms with Gasteiger partial charge in [-0.1, -0.05) is 12.8 Å². The van der Waals surface area contributed by atoms with Crippen LogP contribution < -0.4 is 5.32 Å². The van der Waals surface area contributed by atoms with Gasteiger partial charge >= 0.3 is 12.0 Å². The van der Waals surface area contributed by atoms with Gasteiger partial charge in [0.2, 0.25) is 0 Å². The molecule has 0 aromatic heterocycles. The Morgan fingerprint density at radius 3 is 2.70 bits per heavy atom. The lowest BCUT2D eigenvalue weighted by Crippen LogP contribution is -2.43. The summed E-state index contributed by atoms with van der Waals surface area (Å²) in [6.45, 7) is 1.71. The lowest BCUT2D eigenvalue weighted by Gasteiger charge is -2.29. The van der Waals surface area contributed by atoms with Crippen molar-refractivity contribution in [1.29, 1.82) is 0 Å². The van der Waals surface area contributed by atoms with E-state index in [0.29, 0.717) is 19.7 Å². The number of urea groups is 1. The van der Waals surface area contributed by atoms with Crippen LogP contribution in [0.25, 0.3) is 0 Å². The largest absolute Gasteiger partial charge is 0.481 e. The van der Waals surface area contributed by atoms with E-state index < -0.39 is 5.97 Å². The molecule has 0 spiro atoms. The molecule has 1 aliphatic carbocycles. The summed E-state index contributed by atoms with van der Waals surface area (Å²) in [5, 5.41) is 12.0. The van der Waals surface area contributed by atoms with Crippen LogP contribution in [0.4, 0.5) is 4.79 Å². The van der Waals surface area contributed by atoms with E-state index in [1.165, 1.54) is 0 Å². The van der Waals surface area contributed by atoms with Crippen molar-refractivity contribution in [3.05, 3.63) is 0 Å². The van der Waals surface area contributed by atoms with Gasteiger partial charge < -0.3 is 20.1 Å². The number of nitrogens with zero attached hydrogens (tertiary/aromatic N) is 1. The lowest BCUT2D eigenvalue weighted by molar-refractivity contribution is -0.144. The van der Waals surface area contributed by atoms with E-state index in [0.717, 1.165) is 32.1 Å². The second-order valence-electron chi connectivity index (χ2n) is 5.44. The number of nitrogens with one attached hydrogen (secondary N) is 1. The number of methoxy groups -OCH3 is 1. The zero-order valence-electron chi connectivity index (χ0n) is 12.4. The van der Waals surface area contributed by atoms with Crippen LogP contribution in [0.1, 0.15) is 32.1 Å². The minimum Gasteiger partial charge on any atom is -0.481 e. The van der Waals surface area contributed by atoms with E-state index in [4.69, 9.17) is 4.74 Å².